The van der Waals surface area contributed by atoms with Crippen molar-refractivity contribution >= 4 is 11.9 Å². The smallest absolute Gasteiger partial charge is 0.395 e. The molecule has 0 atom stereocenters. The van der Waals surface area contributed by atoms with Gasteiger partial charge in [-0.2, -0.15) is 0 Å². The zero-order valence-corrected chi connectivity index (χ0v) is 6.28. The maximum atomic E-state index is 10.7. The van der Waals surface area contributed by atoms with Crippen LogP contribution in [0, 0.1) is 0 Å². The summed E-state index contributed by atoms with van der Waals surface area (Å²) in [6, 6.07) is 0. The number of rotatable bonds is 1. The van der Waals surface area contributed by atoms with Crippen LogP contribution in [0.2, 0.25) is 0 Å². The number of hydrogen-bond acceptors (Lipinski definition) is 5. The Hall–Kier alpha value is -1.36. The zero-order valence-electron chi connectivity index (χ0n) is 6.28. The molecule has 1 aliphatic rings. The minimum atomic E-state index is -2.29. The molecule has 0 amide bonds. The second-order valence-electron chi connectivity index (χ2n) is 2.28. The van der Waals surface area contributed by atoms with E-state index in [9.17, 15) is 14.7 Å². The molecule has 5 nitrogen and oxygen atoms in total. The maximum Gasteiger partial charge on any atom is 0.395 e. The summed E-state index contributed by atoms with van der Waals surface area (Å²) in [6.45, 7) is 3.16. The van der Waals surface area contributed by atoms with E-state index in [0.29, 0.717) is 0 Å². The van der Waals surface area contributed by atoms with Crippen molar-refractivity contribution in [3.8, 4) is 0 Å². The molecule has 0 bridgehead atoms. The van der Waals surface area contributed by atoms with Gasteiger partial charge in [-0.3, -0.25) is 9.59 Å². The van der Waals surface area contributed by atoms with E-state index in [-0.39, 0.29) is 12.8 Å². The van der Waals surface area contributed by atoms with Gasteiger partial charge in [0.15, 0.2) is 0 Å². The molecule has 0 spiro atoms. The molecule has 1 N–H and O–H groups in total. The van der Waals surface area contributed by atoms with Gasteiger partial charge in [0.2, 0.25) is 0 Å². The third-order valence-corrected chi connectivity index (χ3v) is 1.31. The van der Waals surface area contributed by atoms with E-state index in [1.165, 1.54) is 0 Å². The average Bonchev–Trinajstić information content (AvgIpc) is 2.11. The van der Waals surface area contributed by atoms with Crippen LogP contribution in [-0.4, -0.2) is 23.0 Å². The fourth-order valence-corrected chi connectivity index (χ4v) is 0.737. The van der Waals surface area contributed by atoms with Crippen molar-refractivity contribution < 1.29 is 24.2 Å². The summed E-state index contributed by atoms with van der Waals surface area (Å²) in [6.07, 6.45) is 0.665. The number of carbonyl (C=O) groups excluding carboxylic acids is 2. The molecule has 0 radical (unpaired) electrons. The highest BCUT2D eigenvalue weighted by molar-refractivity contribution is 5.79. The number of aliphatic hydroxyl groups is 1. The topological polar surface area (TPSA) is 72.8 Å². The first-order valence-corrected chi connectivity index (χ1v) is 3.35. The van der Waals surface area contributed by atoms with Crippen LogP contribution in [0.1, 0.15) is 12.8 Å². The third-order valence-electron chi connectivity index (χ3n) is 1.31. The molecule has 5 heteroatoms. The molecule has 0 saturated carbocycles. The number of hydrogen-bond donors (Lipinski definition) is 1. The van der Waals surface area contributed by atoms with Crippen LogP contribution < -0.4 is 0 Å². The van der Waals surface area contributed by atoms with Crippen LogP contribution in [-0.2, 0) is 19.1 Å². The Labute approximate surface area is 68.6 Å². The van der Waals surface area contributed by atoms with Crippen molar-refractivity contribution in [2.24, 2.45) is 0 Å². The molecule has 0 unspecified atom stereocenters. The van der Waals surface area contributed by atoms with E-state index >= 15 is 0 Å². The molecular formula is C7H8O5. The van der Waals surface area contributed by atoms with E-state index < -0.39 is 17.9 Å². The van der Waals surface area contributed by atoms with Crippen molar-refractivity contribution in [3.05, 3.63) is 12.7 Å². The van der Waals surface area contributed by atoms with Gasteiger partial charge in [0.1, 0.15) is 0 Å². The van der Waals surface area contributed by atoms with E-state index in [1.54, 1.807) is 0 Å². The summed E-state index contributed by atoms with van der Waals surface area (Å²) in [7, 11) is 0. The Balaban J connectivity index is 2.81. The van der Waals surface area contributed by atoms with Crippen molar-refractivity contribution in [1.82, 2.24) is 0 Å². The van der Waals surface area contributed by atoms with E-state index in [1.807, 2.05) is 0 Å². The lowest BCUT2D eigenvalue weighted by molar-refractivity contribution is -0.290. The molecule has 1 saturated heterocycles. The van der Waals surface area contributed by atoms with Crippen molar-refractivity contribution in [2.45, 2.75) is 18.8 Å². The first kappa shape index (κ1) is 8.73. The number of carbonyl (C=O) groups is 2. The largest absolute Gasteiger partial charge is 0.395 e. The fraction of sp³-hybridized carbons (Fsp3) is 0.429. The van der Waals surface area contributed by atoms with Gasteiger partial charge in [-0.25, -0.2) is 0 Å². The molecule has 1 fully saturated rings. The Bertz CT molecular complexity index is 214. The van der Waals surface area contributed by atoms with Crippen LogP contribution >= 0.6 is 0 Å². The SMILES string of the molecule is C=CC1(O)OC(=O)CCC(=O)O1. The van der Waals surface area contributed by atoms with Gasteiger partial charge in [0.25, 0.3) is 0 Å². The van der Waals surface area contributed by atoms with Crippen molar-refractivity contribution in [3.63, 3.8) is 0 Å². The lowest BCUT2D eigenvalue weighted by Gasteiger charge is -2.19. The second-order valence-corrected chi connectivity index (χ2v) is 2.28. The zero-order chi connectivity index (χ0) is 9.19. The molecule has 0 aliphatic carbocycles. The summed E-state index contributed by atoms with van der Waals surface area (Å²) in [5.74, 6) is -3.67. The third kappa shape index (κ3) is 1.82. The van der Waals surface area contributed by atoms with Gasteiger partial charge < -0.3 is 14.6 Å². The predicted molar refractivity (Wildman–Crippen MR) is 36.6 cm³/mol. The predicted octanol–water partition coefficient (Wildman–Crippen LogP) is -0.301. The highest BCUT2D eigenvalue weighted by atomic mass is 16.8. The van der Waals surface area contributed by atoms with Gasteiger partial charge in [-0.15, -0.1) is 0 Å². The molecule has 1 rings (SSSR count). The highest BCUT2D eigenvalue weighted by Crippen LogP contribution is 2.17. The highest BCUT2D eigenvalue weighted by Gasteiger charge is 2.35. The molecule has 1 heterocycles. The summed E-state index contributed by atoms with van der Waals surface area (Å²) >= 11 is 0. The second kappa shape index (κ2) is 2.94. The summed E-state index contributed by atoms with van der Waals surface area (Å²) in [4.78, 5) is 21.5. The number of esters is 2. The molecule has 0 aromatic heterocycles. The summed E-state index contributed by atoms with van der Waals surface area (Å²) in [5.41, 5.74) is 0. The van der Waals surface area contributed by atoms with Crippen LogP contribution in [0.25, 0.3) is 0 Å². The number of ether oxygens (including phenoxy) is 2. The standard InChI is InChI=1S/C7H8O5/c1-2-7(10)11-5(8)3-4-6(9)12-7/h2,10H,1,3-4H2. The average molecular weight is 172 g/mol. The van der Waals surface area contributed by atoms with Crippen LogP contribution in [0.4, 0.5) is 0 Å². The molecule has 12 heavy (non-hydrogen) atoms. The molecular weight excluding hydrogens is 164 g/mol. The minimum absolute atomic E-state index is 0.0883. The van der Waals surface area contributed by atoms with E-state index in [2.05, 4.69) is 16.1 Å². The Kier molecular flexibility index (Phi) is 2.14. The fourth-order valence-electron chi connectivity index (χ4n) is 0.737. The Morgan fingerprint density at radius 3 is 2.08 bits per heavy atom. The first-order chi connectivity index (χ1) is 5.56. The summed E-state index contributed by atoms with van der Waals surface area (Å²) in [5, 5.41) is 9.20. The molecule has 1 aliphatic heterocycles. The molecule has 66 valence electrons. The normalized spacial score (nSPS) is 22.1. The van der Waals surface area contributed by atoms with E-state index in [4.69, 9.17) is 0 Å². The minimum Gasteiger partial charge on any atom is -0.395 e. The first-order valence-electron chi connectivity index (χ1n) is 3.35. The Morgan fingerprint density at radius 2 is 1.75 bits per heavy atom. The quantitative estimate of drug-likeness (QED) is 0.434. The Morgan fingerprint density at radius 1 is 1.33 bits per heavy atom. The number of cyclic esters (lactones) is 2. The lowest BCUT2D eigenvalue weighted by Crippen LogP contribution is -2.35. The van der Waals surface area contributed by atoms with Gasteiger partial charge in [0, 0.05) is 6.08 Å². The van der Waals surface area contributed by atoms with Crippen LogP contribution in [0.15, 0.2) is 12.7 Å². The van der Waals surface area contributed by atoms with Gasteiger partial charge in [-0.1, -0.05) is 6.58 Å². The molecule has 0 aromatic rings. The van der Waals surface area contributed by atoms with E-state index in [0.717, 1.165) is 6.08 Å². The maximum absolute atomic E-state index is 10.7. The monoisotopic (exact) mass is 172 g/mol. The van der Waals surface area contributed by atoms with Crippen molar-refractivity contribution in [1.29, 1.82) is 0 Å². The molecule has 0 aromatic carbocycles. The van der Waals surface area contributed by atoms with Crippen LogP contribution in [0.3, 0.4) is 0 Å². The van der Waals surface area contributed by atoms with Gasteiger partial charge in [0.05, 0.1) is 12.8 Å². The van der Waals surface area contributed by atoms with Crippen molar-refractivity contribution in [2.75, 3.05) is 0 Å². The summed E-state index contributed by atoms with van der Waals surface area (Å²) < 4.78 is 8.75. The van der Waals surface area contributed by atoms with Gasteiger partial charge >= 0.3 is 17.9 Å². The van der Waals surface area contributed by atoms with Gasteiger partial charge in [-0.05, 0) is 0 Å². The lowest BCUT2D eigenvalue weighted by atomic mass is 10.3. The van der Waals surface area contributed by atoms with Crippen LogP contribution in [0.5, 0.6) is 0 Å².